The molecule has 24 heavy (non-hydrogen) atoms. The number of ether oxygens (including phenoxy) is 1. The van der Waals surface area contributed by atoms with E-state index in [0.717, 1.165) is 5.56 Å². The Bertz CT molecular complexity index is 660. The van der Waals surface area contributed by atoms with E-state index in [0.29, 0.717) is 12.3 Å². The average molecular weight is 327 g/mol. The highest BCUT2D eigenvalue weighted by Gasteiger charge is 2.37. The number of ketones is 1. The summed E-state index contributed by atoms with van der Waals surface area (Å²) in [5.41, 5.74) is 0.748. The number of nitrogens with zero attached hydrogens (tertiary/aromatic N) is 2. The SMILES string of the molecule is [B]C(=O)N[C@H]1C[C@@H](C)N(CC(=O)/C=C/c2ccc(OC)nc2)C1=O. The topological polar surface area (TPSA) is 88.6 Å². The Morgan fingerprint density at radius 3 is 2.83 bits per heavy atom. The van der Waals surface area contributed by atoms with E-state index in [1.54, 1.807) is 24.4 Å². The van der Waals surface area contributed by atoms with Gasteiger partial charge in [-0.25, -0.2) is 4.98 Å². The fraction of sp³-hybridized carbons (Fsp3) is 0.375. The van der Waals surface area contributed by atoms with Crippen molar-refractivity contribution < 1.29 is 19.1 Å². The molecule has 1 N–H and O–H groups in total. The maximum atomic E-state index is 12.2. The van der Waals surface area contributed by atoms with E-state index in [1.165, 1.54) is 18.1 Å². The molecule has 0 aromatic carbocycles. The summed E-state index contributed by atoms with van der Waals surface area (Å²) >= 11 is 0. The monoisotopic (exact) mass is 327 g/mol. The molecule has 124 valence electrons. The van der Waals surface area contributed by atoms with Gasteiger partial charge in [-0.2, -0.15) is 0 Å². The first-order chi connectivity index (χ1) is 11.4. The lowest BCUT2D eigenvalue weighted by Gasteiger charge is -2.19. The first kappa shape index (κ1) is 17.7. The number of likely N-dealkylation sites (tertiary alicyclic amines) is 1. The lowest BCUT2D eigenvalue weighted by atomic mass is 10.1. The molecule has 0 saturated carbocycles. The lowest BCUT2D eigenvalue weighted by Crippen LogP contribution is -2.42. The van der Waals surface area contributed by atoms with Gasteiger partial charge in [-0.1, -0.05) is 0 Å². The maximum Gasteiger partial charge on any atom is 0.245 e. The molecular weight excluding hydrogens is 309 g/mol. The van der Waals surface area contributed by atoms with Crippen LogP contribution in [-0.2, 0) is 9.59 Å². The molecule has 0 bridgehead atoms. The smallest absolute Gasteiger partial charge is 0.245 e. The Morgan fingerprint density at radius 1 is 1.50 bits per heavy atom. The number of hydrogen-bond acceptors (Lipinski definition) is 5. The zero-order chi connectivity index (χ0) is 17.7. The molecule has 1 aliphatic heterocycles. The summed E-state index contributed by atoms with van der Waals surface area (Å²) in [6, 6.07) is 2.65. The van der Waals surface area contributed by atoms with E-state index in [1.807, 2.05) is 6.92 Å². The highest BCUT2D eigenvalue weighted by Crippen LogP contribution is 2.19. The standard InChI is InChI=1S/C16H18BN3O4/c1-10-7-13(19-16(17)23)15(22)20(10)9-12(21)5-3-11-4-6-14(24-2)18-8-11/h3-6,8,10,13H,7,9H2,1-2H3,(H,19,23)/b5-3+/t10-,13+/m1/s1. The zero-order valence-electron chi connectivity index (χ0n) is 13.6. The summed E-state index contributed by atoms with van der Waals surface area (Å²) in [7, 11) is 6.57. The normalized spacial score (nSPS) is 20.4. The molecule has 0 unspecified atom stereocenters. The quantitative estimate of drug-likeness (QED) is 0.608. The third kappa shape index (κ3) is 4.44. The first-order valence-electron chi connectivity index (χ1n) is 7.48. The van der Waals surface area contributed by atoms with Crippen LogP contribution in [0.1, 0.15) is 18.9 Å². The second kappa shape index (κ2) is 7.76. The second-order valence-corrected chi connectivity index (χ2v) is 5.55. The van der Waals surface area contributed by atoms with Crippen LogP contribution in [0.4, 0.5) is 4.79 Å². The van der Waals surface area contributed by atoms with Crippen LogP contribution in [-0.4, -0.2) is 61.0 Å². The van der Waals surface area contributed by atoms with E-state index >= 15 is 0 Å². The van der Waals surface area contributed by atoms with E-state index in [9.17, 15) is 14.4 Å². The molecule has 2 radical (unpaired) electrons. The van der Waals surface area contributed by atoms with Crippen molar-refractivity contribution in [1.82, 2.24) is 15.2 Å². The Hall–Kier alpha value is -2.64. The van der Waals surface area contributed by atoms with Gasteiger partial charge in [0.25, 0.3) is 0 Å². The molecular formula is C16H18BN3O4. The largest absolute Gasteiger partial charge is 0.481 e. The predicted octanol–water partition coefficient (Wildman–Crippen LogP) is 0.540. The van der Waals surface area contributed by atoms with Crippen molar-refractivity contribution >= 4 is 31.4 Å². The van der Waals surface area contributed by atoms with E-state index < -0.39 is 11.8 Å². The van der Waals surface area contributed by atoms with Crippen LogP contribution in [0.2, 0.25) is 0 Å². The van der Waals surface area contributed by atoms with Crippen LogP contribution in [0.5, 0.6) is 5.88 Å². The number of carbonyl (C=O) groups is 3. The van der Waals surface area contributed by atoms with Crippen molar-refractivity contribution in [2.45, 2.75) is 25.4 Å². The molecule has 2 rings (SSSR count). The molecule has 8 heteroatoms. The third-order valence-electron chi connectivity index (χ3n) is 3.76. The van der Waals surface area contributed by atoms with Gasteiger partial charge in [0.15, 0.2) is 11.6 Å². The molecule has 1 aliphatic rings. The summed E-state index contributed by atoms with van der Waals surface area (Å²) in [4.78, 5) is 40.6. The van der Waals surface area contributed by atoms with Gasteiger partial charge in [0.05, 0.1) is 13.7 Å². The number of amides is 2. The van der Waals surface area contributed by atoms with E-state index in [4.69, 9.17) is 12.6 Å². The van der Waals surface area contributed by atoms with E-state index in [2.05, 4.69) is 10.3 Å². The van der Waals surface area contributed by atoms with E-state index in [-0.39, 0.29) is 24.3 Å². The molecule has 2 amide bonds. The second-order valence-electron chi connectivity index (χ2n) is 5.55. The van der Waals surface area contributed by atoms with Crippen molar-refractivity contribution in [1.29, 1.82) is 0 Å². The van der Waals surface area contributed by atoms with Crippen molar-refractivity contribution in [2.24, 2.45) is 0 Å². The minimum atomic E-state index is -0.749. The maximum absolute atomic E-state index is 12.2. The summed E-state index contributed by atoms with van der Waals surface area (Å²) in [5.74, 6) is -0.775. The minimum absolute atomic E-state index is 0.0446. The van der Waals surface area contributed by atoms with Gasteiger partial charge < -0.3 is 15.0 Å². The van der Waals surface area contributed by atoms with Crippen molar-refractivity contribution in [3.05, 3.63) is 30.0 Å². The first-order valence-corrected chi connectivity index (χ1v) is 7.48. The summed E-state index contributed by atoms with van der Waals surface area (Å²) in [5, 5.41) is 2.39. The molecule has 0 spiro atoms. The number of carbonyl (C=O) groups excluding carboxylic acids is 3. The van der Waals surface area contributed by atoms with Gasteiger partial charge in [0.1, 0.15) is 6.04 Å². The molecule has 0 aliphatic carbocycles. The van der Waals surface area contributed by atoms with Crippen molar-refractivity contribution in [3.8, 4) is 5.88 Å². The molecule has 1 aromatic heterocycles. The number of methoxy groups -OCH3 is 1. The van der Waals surface area contributed by atoms with Gasteiger partial charge in [0, 0.05) is 18.3 Å². The molecule has 1 fully saturated rings. The van der Waals surface area contributed by atoms with Gasteiger partial charge in [0.2, 0.25) is 19.6 Å². The Labute approximate surface area is 141 Å². The van der Waals surface area contributed by atoms with Gasteiger partial charge in [-0.05, 0) is 37.1 Å². The molecule has 2 atom stereocenters. The Kier molecular flexibility index (Phi) is 5.73. The fourth-order valence-electron chi connectivity index (χ4n) is 2.53. The summed E-state index contributed by atoms with van der Waals surface area (Å²) < 4.78 is 4.96. The van der Waals surface area contributed by atoms with Crippen LogP contribution < -0.4 is 10.1 Å². The van der Waals surface area contributed by atoms with Crippen LogP contribution >= 0.6 is 0 Å². The third-order valence-corrected chi connectivity index (χ3v) is 3.76. The van der Waals surface area contributed by atoms with Crippen molar-refractivity contribution in [2.75, 3.05) is 13.7 Å². The molecule has 2 heterocycles. The average Bonchev–Trinajstić information content (AvgIpc) is 2.80. The number of rotatable bonds is 6. The fourth-order valence-corrected chi connectivity index (χ4v) is 2.53. The number of aromatic nitrogens is 1. The number of hydrogen-bond donors (Lipinski definition) is 1. The van der Waals surface area contributed by atoms with Crippen molar-refractivity contribution in [3.63, 3.8) is 0 Å². The summed E-state index contributed by atoms with van der Waals surface area (Å²) in [6.07, 6.45) is 5.04. The number of nitrogens with one attached hydrogen (secondary N) is 1. The number of pyridine rings is 1. The molecule has 7 nitrogen and oxygen atoms in total. The highest BCUT2D eigenvalue weighted by atomic mass is 16.5. The predicted molar refractivity (Wildman–Crippen MR) is 88.7 cm³/mol. The zero-order valence-corrected chi connectivity index (χ0v) is 13.6. The highest BCUT2D eigenvalue weighted by molar-refractivity contribution is 6.57. The molecule has 1 saturated heterocycles. The Morgan fingerprint density at radius 2 is 2.25 bits per heavy atom. The van der Waals surface area contributed by atoms with Gasteiger partial charge in [-0.3, -0.25) is 14.4 Å². The summed E-state index contributed by atoms with van der Waals surface area (Å²) in [6.45, 7) is 1.78. The Balaban J connectivity index is 1.94. The van der Waals surface area contributed by atoms with Crippen LogP contribution in [0, 0.1) is 0 Å². The van der Waals surface area contributed by atoms with Gasteiger partial charge >= 0.3 is 0 Å². The molecule has 1 aromatic rings. The van der Waals surface area contributed by atoms with Crippen LogP contribution in [0.3, 0.4) is 0 Å². The minimum Gasteiger partial charge on any atom is -0.481 e. The van der Waals surface area contributed by atoms with Gasteiger partial charge in [-0.15, -0.1) is 0 Å². The van der Waals surface area contributed by atoms with Crippen LogP contribution in [0.15, 0.2) is 24.4 Å². The van der Waals surface area contributed by atoms with Crippen LogP contribution in [0.25, 0.3) is 6.08 Å². The lowest BCUT2D eigenvalue weighted by molar-refractivity contribution is -0.133.